The average molecular weight is 231 g/mol. The van der Waals surface area contributed by atoms with Gasteiger partial charge in [0.05, 0.1) is 25.0 Å². The fraction of sp³-hybridized carbons (Fsp3) is 0.308. The van der Waals surface area contributed by atoms with Crippen LogP contribution in [0.5, 0.6) is 5.75 Å². The normalized spacial score (nSPS) is 10.2. The standard InChI is InChI=1S/C13H17N3O/c1-3-17-13-6-4-11(5-7-13)15-9-12-8-14-10(2)16-12/h4-8,15H,3,9H2,1-2H3,(H,14,16). The SMILES string of the molecule is CCOc1ccc(NCc2cnc(C)[nH]2)cc1. The van der Waals surface area contributed by atoms with Gasteiger partial charge in [-0.2, -0.15) is 0 Å². The summed E-state index contributed by atoms with van der Waals surface area (Å²) in [6.45, 7) is 5.36. The Labute approximate surface area is 101 Å². The fourth-order valence-electron chi connectivity index (χ4n) is 1.59. The van der Waals surface area contributed by atoms with Gasteiger partial charge in [-0.25, -0.2) is 4.98 Å². The number of hydrogen-bond donors (Lipinski definition) is 2. The molecule has 90 valence electrons. The number of imidazole rings is 1. The number of aromatic amines is 1. The van der Waals surface area contributed by atoms with Gasteiger partial charge in [0.1, 0.15) is 11.6 Å². The first-order valence-corrected chi connectivity index (χ1v) is 5.75. The van der Waals surface area contributed by atoms with Crippen LogP contribution in [0.1, 0.15) is 18.4 Å². The Bertz CT molecular complexity index is 462. The zero-order valence-corrected chi connectivity index (χ0v) is 10.2. The van der Waals surface area contributed by atoms with E-state index in [4.69, 9.17) is 4.74 Å². The average Bonchev–Trinajstić information content (AvgIpc) is 2.75. The van der Waals surface area contributed by atoms with Crippen molar-refractivity contribution in [3.63, 3.8) is 0 Å². The molecule has 0 fully saturated rings. The second-order valence-electron chi connectivity index (χ2n) is 3.80. The van der Waals surface area contributed by atoms with Crippen molar-refractivity contribution >= 4 is 5.69 Å². The molecule has 0 atom stereocenters. The summed E-state index contributed by atoms with van der Waals surface area (Å²) in [5.41, 5.74) is 2.15. The van der Waals surface area contributed by atoms with E-state index in [0.29, 0.717) is 6.61 Å². The molecule has 2 rings (SSSR count). The highest BCUT2D eigenvalue weighted by Crippen LogP contribution is 2.16. The van der Waals surface area contributed by atoms with Crippen LogP contribution in [0.15, 0.2) is 30.5 Å². The third-order valence-corrected chi connectivity index (χ3v) is 2.40. The second-order valence-corrected chi connectivity index (χ2v) is 3.80. The van der Waals surface area contributed by atoms with E-state index in [2.05, 4.69) is 15.3 Å². The lowest BCUT2D eigenvalue weighted by Crippen LogP contribution is -1.99. The molecule has 17 heavy (non-hydrogen) atoms. The molecule has 4 heteroatoms. The Morgan fingerprint density at radius 3 is 2.65 bits per heavy atom. The van der Waals surface area contributed by atoms with Gasteiger partial charge in [-0.15, -0.1) is 0 Å². The first-order chi connectivity index (χ1) is 8.28. The highest BCUT2D eigenvalue weighted by Gasteiger charge is 1.97. The van der Waals surface area contributed by atoms with E-state index in [1.54, 1.807) is 0 Å². The van der Waals surface area contributed by atoms with Crippen LogP contribution in [0.3, 0.4) is 0 Å². The number of aromatic nitrogens is 2. The van der Waals surface area contributed by atoms with Crippen LogP contribution in [0.4, 0.5) is 5.69 Å². The molecule has 0 aliphatic carbocycles. The third-order valence-electron chi connectivity index (χ3n) is 2.40. The summed E-state index contributed by atoms with van der Waals surface area (Å²) in [4.78, 5) is 7.33. The van der Waals surface area contributed by atoms with E-state index in [-0.39, 0.29) is 0 Å². The summed E-state index contributed by atoms with van der Waals surface area (Å²) in [6.07, 6.45) is 1.84. The van der Waals surface area contributed by atoms with Crippen LogP contribution < -0.4 is 10.1 Å². The molecule has 4 nitrogen and oxygen atoms in total. The lowest BCUT2D eigenvalue weighted by atomic mass is 10.3. The monoisotopic (exact) mass is 231 g/mol. The van der Waals surface area contributed by atoms with E-state index >= 15 is 0 Å². The lowest BCUT2D eigenvalue weighted by molar-refractivity contribution is 0.340. The van der Waals surface area contributed by atoms with Gasteiger partial charge in [-0.1, -0.05) is 0 Å². The van der Waals surface area contributed by atoms with E-state index in [0.717, 1.165) is 29.5 Å². The molecule has 0 bridgehead atoms. The van der Waals surface area contributed by atoms with Crippen LogP contribution >= 0.6 is 0 Å². The van der Waals surface area contributed by atoms with Gasteiger partial charge in [0, 0.05) is 5.69 Å². The summed E-state index contributed by atoms with van der Waals surface area (Å²) < 4.78 is 5.38. The van der Waals surface area contributed by atoms with Crippen molar-refractivity contribution in [2.45, 2.75) is 20.4 Å². The second kappa shape index (κ2) is 5.39. The van der Waals surface area contributed by atoms with Crippen LogP contribution in [-0.2, 0) is 6.54 Å². The van der Waals surface area contributed by atoms with Gasteiger partial charge in [0.15, 0.2) is 0 Å². The minimum absolute atomic E-state index is 0.695. The minimum Gasteiger partial charge on any atom is -0.494 e. The summed E-state index contributed by atoms with van der Waals surface area (Å²) >= 11 is 0. The van der Waals surface area contributed by atoms with E-state index in [9.17, 15) is 0 Å². The zero-order chi connectivity index (χ0) is 12.1. The highest BCUT2D eigenvalue weighted by molar-refractivity contribution is 5.46. The number of nitrogens with one attached hydrogen (secondary N) is 2. The summed E-state index contributed by atoms with van der Waals surface area (Å²) in [5.74, 6) is 1.84. The predicted octanol–water partition coefficient (Wildman–Crippen LogP) is 2.73. The Kier molecular flexibility index (Phi) is 3.65. The molecule has 2 aromatic rings. The molecule has 1 aromatic heterocycles. The number of ether oxygens (including phenoxy) is 1. The topological polar surface area (TPSA) is 49.9 Å². The predicted molar refractivity (Wildman–Crippen MR) is 68.3 cm³/mol. The number of anilines is 1. The molecule has 0 saturated heterocycles. The van der Waals surface area contributed by atoms with Gasteiger partial charge >= 0.3 is 0 Å². The van der Waals surface area contributed by atoms with Crippen molar-refractivity contribution in [3.05, 3.63) is 42.0 Å². The molecule has 0 saturated carbocycles. The van der Waals surface area contributed by atoms with Gasteiger partial charge in [0.2, 0.25) is 0 Å². The summed E-state index contributed by atoms with van der Waals surface area (Å²) in [6, 6.07) is 7.94. The number of aryl methyl sites for hydroxylation is 1. The molecule has 2 N–H and O–H groups in total. The van der Waals surface area contributed by atoms with Crippen molar-refractivity contribution in [1.82, 2.24) is 9.97 Å². The molecule has 0 spiro atoms. The Morgan fingerprint density at radius 2 is 2.06 bits per heavy atom. The van der Waals surface area contributed by atoms with Crippen molar-refractivity contribution in [3.8, 4) is 5.75 Å². The number of H-pyrrole nitrogens is 1. The quantitative estimate of drug-likeness (QED) is 0.831. The zero-order valence-electron chi connectivity index (χ0n) is 10.2. The fourth-order valence-corrected chi connectivity index (χ4v) is 1.59. The summed E-state index contributed by atoms with van der Waals surface area (Å²) in [7, 11) is 0. The molecule has 0 amide bonds. The highest BCUT2D eigenvalue weighted by atomic mass is 16.5. The van der Waals surface area contributed by atoms with Crippen LogP contribution in [0.25, 0.3) is 0 Å². The smallest absolute Gasteiger partial charge is 0.119 e. The molecule has 0 aliphatic heterocycles. The van der Waals surface area contributed by atoms with Crippen molar-refractivity contribution in [2.75, 3.05) is 11.9 Å². The largest absolute Gasteiger partial charge is 0.494 e. The maximum Gasteiger partial charge on any atom is 0.119 e. The van der Waals surface area contributed by atoms with E-state index < -0.39 is 0 Å². The molecular weight excluding hydrogens is 214 g/mol. The van der Waals surface area contributed by atoms with Crippen molar-refractivity contribution in [2.24, 2.45) is 0 Å². The number of rotatable bonds is 5. The van der Waals surface area contributed by atoms with E-state index in [1.165, 1.54) is 0 Å². The molecule has 0 unspecified atom stereocenters. The molecule has 1 heterocycles. The van der Waals surface area contributed by atoms with Gasteiger partial charge in [-0.3, -0.25) is 0 Å². The first-order valence-electron chi connectivity index (χ1n) is 5.75. The Morgan fingerprint density at radius 1 is 1.29 bits per heavy atom. The first kappa shape index (κ1) is 11.5. The number of hydrogen-bond acceptors (Lipinski definition) is 3. The van der Waals surface area contributed by atoms with Gasteiger partial charge in [0.25, 0.3) is 0 Å². The molecule has 1 aromatic carbocycles. The van der Waals surface area contributed by atoms with Crippen LogP contribution in [0.2, 0.25) is 0 Å². The van der Waals surface area contributed by atoms with Gasteiger partial charge < -0.3 is 15.0 Å². The molecule has 0 aliphatic rings. The molecule has 0 radical (unpaired) electrons. The lowest BCUT2D eigenvalue weighted by Gasteiger charge is -2.06. The van der Waals surface area contributed by atoms with Crippen LogP contribution in [-0.4, -0.2) is 16.6 Å². The third kappa shape index (κ3) is 3.24. The molecular formula is C13H17N3O. The van der Waals surface area contributed by atoms with Gasteiger partial charge in [-0.05, 0) is 38.1 Å². The maximum atomic E-state index is 5.38. The van der Waals surface area contributed by atoms with Crippen molar-refractivity contribution in [1.29, 1.82) is 0 Å². The number of benzene rings is 1. The Hall–Kier alpha value is -1.97. The van der Waals surface area contributed by atoms with E-state index in [1.807, 2.05) is 44.3 Å². The Balaban J connectivity index is 1.90. The van der Waals surface area contributed by atoms with Crippen molar-refractivity contribution < 1.29 is 4.74 Å². The maximum absolute atomic E-state index is 5.38. The summed E-state index contributed by atoms with van der Waals surface area (Å²) in [5, 5.41) is 3.32. The minimum atomic E-state index is 0.695. The number of nitrogens with zero attached hydrogens (tertiary/aromatic N) is 1. The van der Waals surface area contributed by atoms with Crippen LogP contribution in [0, 0.1) is 6.92 Å².